The molecule has 0 aliphatic rings. The van der Waals surface area contributed by atoms with Gasteiger partial charge in [-0.25, -0.2) is 0 Å². The Bertz CT molecular complexity index is 496. The molecule has 3 heteroatoms. The molecule has 3 nitrogen and oxygen atoms in total. The molecule has 2 aromatic rings. The normalized spacial score (nSPS) is 11.9. The molecule has 2 rings (SSSR count). The highest BCUT2D eigenvalue weighted by Gasteiger charge is 2.03. The molecule has 0 bridgehead atoms. The van der Waals surface area contributed by atoms with Crippen LogP contribution < -0.4 is 15.2 Å². The van der Waals surface area contributed by atoms with Crippen LogP contribution in [0.15, 0.2) is 54.6 Å². The predicted octanol–water partition coefficient (Wildman–Crippen LogP) is 3.55. The summed E-state index contributed by atoms with van der Waals surface area (Å²) >= 11 is 0. The second-order valence-corrected chi connectivity index (χ2v) is 4.59. The zero-order chi connectivity index (χ0) is 14.2. The van der Waals surface area contributed by atoms with Crippen LogP contribution in [0.4, 0.5) is 0 Å². The molecule has 0 saturated carbocycles. The van der Waals surface area contributed by atoms with E-state index in [1.807, 2.05) is 54.6 Å². The van der Waals surface area contributed by atoms with E-state index in [1.54, 1.807) is 0 Å². The van der Waals surface area contributed by atoms with E-state index >= 15 is 0 Å². The summed E-state index contributed by atoms with van der Waals surface area (Å²) in [5, 5.41) is 0. The standard InChI is InChI=1S/C17H21NO2/c1-2-17(18)14-8-10-16(11-9-14)20-13-12-19-15-6-4-3-5-7-15/h3-11,17H,2,12-13,18H2,1H3/t17-/m1/s1. The molecule has 0 radical (unpaired) electrons. The Kier molecular flexibility index (Phi) is 5.44. The number of nitrogens with two attached hydrogens (primary N) is 1. The van der Waals surface area contributed by atoms with Crippen molar-refractivity contribution in [1.82, 2.24) is 0 Å². The van der Waals surface area contributed by atoms with Gasteiger partial charge < -0.3 is 15.2 Å². The first-order valence-electron chi connectivity index (χ1n) is 6.96. The maximum Gasteiger partial charge on any atom is 0.122 e. The molecule has 0 heterocycles. The Morgan fingerprint density at radius 1 is 0.850 bits per heavy atom. The van der Waals surface area contributed by atoms with Crippen molar-refractivity contribution in [2.75, 3.05) is 13.2 Å². The maximum absolute atomic E-state index is 5.97. The first kappa shape index (κ1) is 14.4. The second kappa shape index (κ2) is 7.56. The van der Waals surface area contributed by atoms with Crippen molar-refractivity contribution in [1.29, 1.82) is 0 Å². The summed E-state index contributed by atoms with van der Waals surface area (Å²) in [4.78, 5) is 0. The van der Waals surface area contributed by atoms with E-state index in [4.69, 9.17) is 15.2 Å². The lowest BCUT2D eigenvalue weighted by Gasteiger charge is -2.11. The van der Waals surface area contributed by atoms with Crippen molar-refractivity contribution >= 4 is 0 Å². The van der Waals surface area contributed by atoms with Gasteiger partial charge in [0.25, 0.3) is 0 Å². The third-order valence-corrected chi connectivity index (χ3v) is 3.11. The van der Waals surface area contributed by atoms with E-state index in [9.17, 15) is 0 Å². The first-order chi connectivity index (χ1) is 9.79. The molecule has 0 unspecified atom stereocenters. The highest BCUT2D eigenvalue weighted by molar-refractivity contribution is 5.29. The summed E-state index contributed by atoms with van der Waals surface area (Å²) in [6.45, 7) is 3.13. The summed E-state index contributed by atoms with van der Waals surface area (Å²) in [5.74, 6) is 1.70. The summed E-state index contributed by atoms with van der Waals surface area (Å²) in [6, 6.07) is 17.8. The molecule has 0 aromatic heterocycles. The minimum absolute atomic E-state index is 0.102. The Morgan fingerprint density at radius 2 is 1.40 bits per heavy atom. The fraction of sp³-hybridized carbons (Fsp3) is 0.294. The summed E-state index contributed by atoms with van der Waals surface area (Å²) in [5.41, 5.74) is 7.11. The number of para-hydroxylation sites is 1. The van der Waals surface area contributed by atoms with Crippen LogP contribution in [0.2, 0.25) is 0 Å². The quantitative estimate of drug-likeness (QED) is 0.783. The van der Waals surface area contributed by atoms with Crippen LogP contribution in [0.25, 0.3) is 0 Å². The third kappa shape index (κ3) is 4.28. The van der Waals surface area contributed by atoms with Gasteiger partial charge in [-0.3, -0.25) is 0 Å². The van der Waals surface area contributed by atoms with Crippen molar-refractivity contribution in [2.24, 2.45) is 5.73 Å². The number of ether oxygens (including phenoxy) is 2. The molecule has 0 aliphatic carbocycles. The summed E-state index contributed by atoms with van der Waals surface area (Å²) in [7, 11) is 0. The van der Waals surface area contributed by atoms with Crippen LogP contribution in [0.5, 0.6) is 11.5 Å². The van der Waals surface area contributed by atoms with Gasteiger partial charge in [-0.15, -0.1) is 0 Å². The molecule has 20 heavy (non-hydrogen) atoms. The van der Waals surface area contributed by atoms with E-state index < -0.39 is 0 Å². The molecular weight excluding hydrogens is 250 g/mol. The fourth-order valence-corrected chi connectivity index (χ4v) is 1.88. The van der Waals surface area contributed by atoms with Crippen LogP contribution >= 0.6 is 0 Å². The Labute approximate surface area is 120 Å². The van der Waals surface area contributed by atoms with E-state index in [0.717, 1.165) is 23.5 Å². The third-order valence-electron chi connectivity index (χ3n) is 3.11. The Hall–Kier alpha value is -2.00. The molecule has 2 N–H and O–H groups in total. The highest BCUT2D eigenvalue weighted by atomic mass is 16.5. The fourth-order valence-electron chi connectivity index (χ4n) is 1.88. The minimum Gasteiger partial charge on any atom is -0.490 e. The Morgan fingerprint density at radius 3 is 1.95 bits per heavy atom. The van der Waals surface area contributed by atoms with Crippen molar-refractivity contribution in [2.45, 2.75) is 19.4 Å². The second-order valence-electron chi connectivity index (χ2n) is 4.59. The predicted molar refractivity (Wildman–Crippen MR) is 81.1 cm³/mol. The van der Waals surface area contributed by atoms with Gasteiger partial charge in [0.1, 0.15) is 24.7 Å². The number of hydrogen-bond acceptors (Lipinski definition) is 3. The van der Waals surface area contributed by atoms with E-state index in [2.05, 4.69) is 6.92 Å². The minimum atomic E-state index is 0.102. The maximum atomic E-state index is 5.97. The summed E-state index contributed by atoms with van der Waals surface area (Å²) < 4.78 is 11.2. The van der Waals surface area contributed by atoms with Crippen LogP contribution in [0, 0.1) is 0 Å². The number of rotatable bonds is 7. The van der Waals surface area contributed by atoms with Gasteiger partial charge in [0.2, 0.25) is 0 Å². The van der Waals surface area contributed by atoms with Crippen molar-refractivity contribution in [3.05, 3.63) is 60.2 Å². The Balaban J connectivity index is 1.74. The van der Waals surface area contributed by atoms with Crippen molar-refractivity contribution in [3.8, 4) is 11.5 Å². The highest BCUT2D eigenvalue weighted by Crippen LogP contribution is 2.18. The van der Waals surface area contributed by atoms with Crippen molar-refractivity contribution < 1.29 is 9.47 Å². The lowest BCUT2D eigenvalue weighted by Crippen LogP contribution is -2.10. The zero-order valence-corrected chi connectivity index (χ0v) is 11.8. The largest absolute Gasteiger partial charge is 0.490 e. The molecule has 0 saturated heterocycles. The molecular formula is C17H21NO2. The lowest BCUT2D eigenvalue weighted by molar-refractivity contribution is 0.217. The van der Waals surface area contributed by atoms with Gasteiger partial charge >= 0.3 is 0 Å². The average molecular weight is 271 g/mol. The van der Waals surface area contributed by atoms with Crippen LogP contribution in [-0.4, -0.2) is 13.2 Å². The molecule has 0 amide bonds. The number of hydrogen-bond donors (Lipinski definition) is 1. The van der Waals surface area contributed by atoms with E-state index in [1.165, 1.54) is 0 Å². The molecule has 0 aliphatic heterocycles. The van der Waals surface area contributed by atoms with Crippen LogP contribution in [0.1, 0.15) is 24.9 Å². The van der Waals surface area contributed by atoms with Gasteiger partial charge in [-0.2, -0.15) is 0 Å². The monoisotopic (exact) mass is 271 g/mol. The van der Waals surface area contributed by atoms with E-state index in [0.29, 0.717) is 13.2 Å². The van der Waals surface area contributed by atoms with Gasteiger partial charge in [0.15, 0.2) is 0 Å². The van der Waals surface area contributed by atoms with Gasteiger partial charge in [0.05, 0.1) is 0 Å². The van der Waals surface area contributed by atoms with Gasteiger partial charge in [0, 0.05) is 6.04 Å². The molecule has 0 fully saturated rings. The van der Waals surface area contributed by atoms with E-state index in [-0.39, 0.29) is 6.04 Å². The molecule has 106 valence electrons. The molecule has 1 atom stereocenters. The SMILES string of the molecule is CC[C@@H](N)c1ccc(OCCOc2ccccc2)cc1. The zero-order valence-electron chi connectivity index (χ0n) is 11.8. The topological polar surface area (TPSA) is 44.5 Å². The summed E-state index contributed by atoms with van der Waals surface area (Å²) in [6.07, 6.45) is 0.936. The van der Waals surface area contributed by atoms with Gasteiger partial charge in [-0.05, 0) is 36.2 Å². The first-order valence-corrected chi connectivity index (χ1v) is 6.96. The van der Waals surface area contributed by atoms with Crippen LogP contribution in [0.3, 0.4) is 0 Å². The molecule has 0 spiro atoms. The molecule has 2 aromatic carbocycles. The smallest absolute Gasteiger partial charge is 0.122 e. The lowest BCUT2D eigenvalue weighted by atomic mass is 10.1. The van der Waals surface area contributed by atoms with Gasteiger partial charge in [-0.1, -0.05) is 37.3 Å². The van der Waals surface area contributed by atoms with Crippen LogP contribution in [-0.2, 0) is 0 Å². The number of benzene rings is 2. The average Bonchev–Trinajstić information content (AvgIpc) is 2.52. The van der Waals surface area contributed by atoms with Crippen molar-refractivity contribution in [3.63, 3.8) is 0 Å².